The number of unbranched alkanes of at least 4 members (excludes halogenated alkanes) is 1. The van der Waals surface area contributed by atoms with Crippen molar-refractivity contribution in [3.05, 3.63) is 12.2 Å². The van der Waals surface area contributed by atoms with E-state index in [0.29, 0.717) is 25.7 Å². The fraction of sp³-hybridized carbons (Fsp3) is 0.800. The number of carboxylic acid groups (broad SMARTS) is 1. The number of allylic oxidation sites excluding steroid dienone is 2. The number of rotatable bonds is 13. The number of carboxylic acids is 1. The van der Waals surface area contributed by atoms with Gasteiger partial charge in [-0.3, -0.25) is 9.59 Å². The number of ketones is 1. The summed E-state index contributed by atoms with van der Waals surface area (Å²) < 4.78 is 27.1. The van der Waals surface area contributed by atoms with E-state index in [1.807, 2.05) is 12.2 Å². The number of aliphatic hydroxyl groups is 2. The van der Waals surface area contributed by atoms with Crippen LogP contribution < -0.4 is 0 Å². The molecule has 0 radical (unpaired) electrons. The Morgan fingerprint density at radius 2 is 1.74 bits per heavy atom. The predicted molar refractivity (Wildman–Crippen MR) is 97.6 cm³/mol. The van der Waals surface area contributed by atoms with Crippen LogP contribution in [0.5, 0.6) is 0 Å². The summed E-state index contributed by atoms with van der Waals surface area (Å²) in [6.07, 6.45) is 4.73. The Morgan fingerprint density at radius 1 is 1.07 bits per heavy atom. The zero-order valence-electron chi connectivity index (χ0n) is 15.9. The summed E-state index contributed by atoms with van der Waals surface area (Å²) in [6, 6.07) is 0. The first-order valence-corrected chi connectivity index (χ1v) is 9.83. The van der Waals surface area contributed by atoms with Gasteiger partial charge in [-0.2, -0.15) is 8.78 Å². The minimum atomic E-state index is -3.28. The van der Waals surface area contributed by atoms with Crippen LogP contribution in [-0.2, 0) is 9.59 Å². The Bertz CT molecular complexity index is 507. The molecular weight excluding hydrogens is 358 g/mol. The molecule has 0 aromatic rings. The van der Waals surface area contributed by atoms with Crippen LogP contribution in [0.1, 0.15) is 71.1 Å². The number of carbonyl (C=O) groups is 2. The van der Waals surface area contributed by atoms with Gasteiger partial charge in [0.1, 0.15) is 0 Å². The van der Waals surface area contributed by atoms with E-state index in [4.69, 9.17) is 5.11 Å². The Morgan fingerprint density at radius 3 is 2.37 bits per heavy atom. The minimum absolute atomic E-state index is 0.106. The molecule has 0 unspecified atom stereocenters. The van der Waals surface area contributed by atoms with Gasteiger partial charge < -0.3 is 15.3 Å². The van der Waals surface area contributed by atoms with Gasteiger partial charge in [0.25, 0.3) is 0 Å². The van der Waals surface area contributed by atoms with Crippen molar-refractivity contribution in [2.75, 3.05) is 0 Å². The van der Waals surface area contributed by atoms with Crippen molar-refractivity contribution in [1.29, 1.82) is 0 Å². The zero-order valence-corrected chi connectivity index (χ0v) is 15.9. The molecule has 0 aromatic heterocycles. The molecule has 0 amide bonds. The van der Waals surface area contributed by atoms with Crippen molar-refractivity contribution in [3.63, 3.8) is 0 Å². The van der Waals surface area contributed by atoms with E-state index in [0.717, 1.165) is 0 Å². The number of hydrogen-bond acceptors (Lipinski definition) is 4. The summed E-state index contributed by atoms with van der Waals surface area (Å²) >= 11 is 0. The van der Waals surface area contributed by atoms with Crippen LogP contribution in [0.25, 0.3) is 0 Å². The molecule has 27 heavy (non-hydrogen) atoms. The lowest BCUT2D eigenvalue weighted by Crippen LogP contribution is -2.28. The number of hydrogen-bond donors (Lipinski definition) is 3. The van der Waals surface area contributed by atoms with E-state index in [1.54, 1.807) is 6.92 Å². The summed E-state index contributed by atoms with van der Waals surface area (Å²) in [5, 5.41) is 28.9. The van der Waals surface area contributed by atoms with E-state index in [1.165, 1.54) is 0 Å². The van der Waals surface area contributed by atoms with Crippen molar-refractivity contribution in [1.82, 2.24) is 0 Å². The highest BCUT2D eigenvalue weighted by Crippen LogP contribution is 2.38. The largest absolute Gasteiger partial charge is 0.481 e. The summed E-state index contributed by atoms with van der Waals surface area (Å²) in [6.45, 7) is 1.61. The molecule has 0 spiro atoms. The molecule has 0 heterocycles. The molecule has 4 atom stereocenters. The van der Waals surface area contributed by atoms with Gasteiger partial charge in [0.2, 0.25) is 5.78 Å². The molecular formula is C20H32F2O5. The third-order valence-electron chi connectivity index (χ3n) is 5.27. The van der Waals surface area contributed by atoms with Gasteiger partial charge in [-0.25, -0.2) is 0 Å². The fourth-order valence-corrected chi connectivity index (χ4v) is 3.78. The van der Waals surface area contributed by atoms with Gasteiger partial charge in [0.05, 0.1) is 12.2 Å². The van der Waals surface area contributed by atoms with Crippen molar-refractivity contribution >= 4 is 11.8 Å². The highest BCUT2D eigenvalue weighted by Gasteiger charge is 2.41. The number of alkyl halides is 2. The average molecular weight is 390 g/mol. The van der Waals surface area contributed by atoms with E-state index < -0.39 is 36.3 Å². The second kappa shape index (κ2) is 11.5. The molecule has 0 bridgehead atoms. The van der Waals surface area contributed by atoms with Crippen LogP contribution in [0.3, 0.4) is 0 Å². The van der Waals surface area contributed by atoms with Gasteiger partial charge in [0.15, 0.2) is 0 Å². The molecule has 1 rings (SSSR count). The first-order valence-electron chi connectivity index (χ1n) is 9.83. The van der Waals surface area contributed by atoms with E-state index in [2.05, 4.69) is 0 Å². The van der Waals surface area contributed by atoms with Crippen LogP contribution in [-0.4, -0.2) is 45.2 Å². The lowest BCUT2D eigenvalue weighted by atomic mass is 9.86. The molecule has 1 aliphatic rings. The second-order valence-corrected chi connectivity index (χ2v) is 7.46. The highest BCUT2D eigenvalue weighted by molar-refractivity contribution is 5.85. The fourth-order valence-electron chi connectivity index (χ4n) is 3.78. The average Bonchev–Trinajstić information content (AvgIpc) is 2.84. The molecule has 5 nitrogen and oxygen atoms in total. The van der Waals surface area contributed by atoms with Crippen LogP contribution >= 0.6 is 0 Å². The third-order valence-corrected chi connectivity index (χ3v) is 5.27. The van der Waals surface area contributed by atoms with Gasteiger partial charge in [0, 0.05) is 19.3 Å². The van der Waals surface area contributed by atoms with Crippen LogP contribution in [0.4, 0.5) is 8.78 Å². The summed E-state index contributed by atoms with van der Waals surface area (Å²) in [4.78, 5) is 22.1. The highest BCUT2D eigenvalue weighted by atomic mass is 19.3. The number of Topliss-reactive ketones (excluding diaryl/α,β-unsaturated/α-hetero) is 1. The van der Waals surface area contributed by atoms with Crippen LogP contribution in [0, 0.1) is 11.8 Å². The molecule has 1 fully saturated rings. The Kier molecular flexibility index (Phi) is 10.1. The minimum Gasteiger partial charge on any atom is -0.481 e. The predicted octanol–water partition coefficient (Wildman–Crippen LogP) is 3.72. The second-order valence-electron chi connectivity index (χ2n) is 7.46. The van der Waals surface area contributed by atoms with Crippen molar-refractivity contribution in [2.45, 2.75) is 89.3 Å². The number of aliphatic hydroxyl groups excluding tert-OH is 2. The zero-order chi connectivity index (χ0) is 20.4. The van der Waals surface area contributed by atoms with Gasteiger partial charge in [-0.05, 0) is 56.8 Å². The Balaban J connectivity index is 2.45. The molecule has 7 heteroatoms. The molecule has 1 saturated carbocycles. The molecule has 1 aliphatic carbocycles. The number of aliphatic carboxylic acids is 1. The van der Waals surface area contributed by atoms with Gasteiger partial charge in [-0.1, -0.05) is 19.1 Å². The first-order chi connectivity index (χ1) is 12.7. The molecule has 156 valence electrons. The topological polar surface area (TPSA) is 94.8 Å². The molecule has 0 aromatic carbocycles. The van der Waals surface area contributed by atoms with E-state index in [9.17, 15) is 28.6 Å². The van der Waals surface area contributed by atoms with E-state index in [-0.39, 0.29) is 43.9 Å². The maximum absolute atomic E-state index is 13.6. The quantitative estimate of drug-likeness (QED) is 0.329. The van der Waals surface area contributed by atoms with Gasteiger partial charge >= 0.3 is 11.9 Å². The maximum atomic E-state index is 13.6. The lowest BCUT2D eigenvalue weighted by Gasteiger charge is -2.22. The smallest absolute Gasteiger partial charge is 0.305 e. The third kappa shape index (κ3) is 8.05. The Labute approximate surface area is 159 Å². The summed E-state index contributed by atoms with van der Waals surface area (Å²) in [7, 11) is 0. The Hall–Kier alpha value is -1.34. The molecule has 0 saturated heterocycles. The van der Waals surface area contributed by atoms with Gasteiger partial charge in [-0.15, -0.1) is 0 Å². The lowest BCUT2D eigenvalue weighted by molar-refractivity contribution is -0.144. The van der Waals surface area contributed by atoms with Crippen molar-refractivity contribution < 1.29 is 33.7 Å². The molecule has 3 N–H and O–H groups in total. The number of carbonyl (C=O) groups excluding carboxylic acids is 1. The first kappa shape index (κ1) is 23.7. The normalized spacial score (nSPS) is 26.0. The maximum Gasteiger partial charge on any atom is 0.305 e. The summed E-state index contributed by atoms with van der Waals surface area (Å²) in [5.41, 5.74) is 0. The summed E-state index contributed by atoms with van der Waals surface area (Å²) in [5.74, 6) is -5.57. The monoisotopic (exact) mass is 390 g/mol. The standard InChI is InChI=1S/C20H32F2O5/c1-2-12-20(21,22)18(25)10-7-9-15-14(16(23)13-17(15)24)8-5-3-4-6-11-19(26)27/h3,5,14-17,23-24H,2,4,6-13H2,1H3,(H,26,27)/b5-3-/t14-,15-,16-,17-/m1/s1. The molecule has 0 aliphatic heterocycles. The SMILES string of the molecule is CCCC(F)(F)C(=O)CCC[C@@H]1[C@@H](C/C=C\CCCC(=O)O)[C@H](O)C[C@H]1O. The van der Waals surface area contributed by atoms with Crippen molar-refractivity contribution in [2.24, 2.45) is 11.8 Å². The van der Waals surface area contributed by atoms with Crippen LogP contribution in [0.2, 0.25) is 0 Å². The number of halogens is 2. The van der Waals surface area contributed by atoms with Crippen molar-refractivity contribution in [3.8, 4) is 0 Å². The van der Waals surface area contributed by atoms with E-state index >= 15 is 0 Å². The van der Waals surface area contributed by atoms with Crippen LogP contribution in [0.15, 0.2) is 12.2 Å².